The quantitative estimate of drug-likeness (QED) is 0.469. The maximum Gasteiger partial charge on any atom is 0.287 e. The van der Waals surface area contributed by atoms with Crippen LogP contribution in [0.1, 0.15) is 0 Å². The van der Waals surface area contributed by atoms with Crippen molar-refractivity contribution in [2.75, 3.05) is 0 Å². The summed E-state index contributed by atoms with van der Waals surface area (Å²) >= 11 is 5.70. The highest BCUT2D eigenvalue weighted by molar-refractivity contribution is 8.67. The maximum absolute atomic E-state index is 12.3. The van der Waals surface area contributed by atoms with Crippen LogP contribution in [0.4, 0.5) is 5.69 Å². The Bertz CT molecular complexity index is 939. The molecular weight excluding hydrogens is 354 g/mol. The fraction of sp³-hybridized carbons (Fsp3) is 0. The van der Waals surface area contributed by atoms with Gasteiger partial charge in [-0.1, -0.05) is 29.8 Å². The van der Waals surface area contributed by atoms with Crippen LogP contribution in [0, 0.1) is 10.1 Å². The van der Waals surface area contributed by atoms with Crippen molar-refractivity contribution in [3.63, 3.8) is 0 Å². The van der Waals surface area contributed by atoms with Gasteiger partial charge in [-0.25, -0.2) is 16.8 Å². The molecule has 0 N–H and O–H groups in total. The smallest absolute Gasteiger partial charge is 0.258 e. The predicted molar refractivity (Wildman–Crippen MR) is 78.9 cm³/mol. The zero-order valence-corrected chi connectivity index (χ0v) is 13.1. The van der Waals surface area contributed by atoms with E-state index in [0.29, 0.717) is 0 Å². The van der Waals surface area contributed by atoms with Crippen molar-refractivity contribution in [1.29, 1.82) is 0 Å². The molecule has 10 heteroatoms. The third-order valence-electron chi connectivity index (χ3n) is 2.72. The molecule has 22 heavy (non-hydrogen) atoms. The Morgan fingerprint density at radius 1 is 0.909 bits per heavy atom. The number of nitrogens with zero attached hydrogens (tertiary/aromatic N) is 1. The molecule has 2 aromatic carbocycles. The van der Waals surface area contributed by atoms with Crippen LogP contribution in [0.15, 0.2) is 58.3 Å². The van der Waals surface area contributed by atoms with Crippen molar-refractivity contribution in [3.05, 3.63) is 63.7 Å². The van der Waals surface area contributed by atoms with E-state index >= 15 is 0 Å². The number of hydrogen-bond donors (Lipinski definition) is 0. The Labute approximate surface area is 130 Å². The molecule has 0 atom stereocenters. The van der Waals surface area contributed by atoms with Crippen LogP contribution in [0.5, 0.6) is 0 Å². The third kappa shape index (κ3) is 2.70. The van der Waals surface area contributed by atoms with Gasteiger partial charge in [0, 0.05) is 12.1 Å². The Morgan fingerprint density at radius 3 is 2.00 bits per heavy atom. The van der Waals surface area contributed by atoms with Crippen LogP contribution < -0.4 is 0 Å². The standard InChI is InChI=1S/C12H8ClNO6S2/c13-11-8-9(14(15)16)6-7-12(11)22(19,20)21(17,18)10-4-2-1-3-5-10/h1-8H. The van der Waals surface area contributed by atoms with E-state index in [4.69, 9.17) is 11.6 Å². The number of halogens is 1. The van der Waals surface area contributed by atoms with Crippen LogP contribution >= 0.6 is 11.6 Å². The first-order chi connectivity index (χ1) is 10.2. The van der Waals surface area contributed by atoms with E-state index in [9.17, 15) is 26.9 Å². The van der Waals surface area contributed by atoms with E-state index in [0.717, 1.165) is 30.3 Å². The van der Waals surface area contributed by atoms with Crippen molar-refractivity contribution in [2.45, 2.75) is 9.79 Å². The molecule has 0 radical (unpaired) electrons. The van der Waals surface area contributed by atoms with Gasteiger partial charge in [0.25, 0.3) is 23.4 Å². The second-order valence-electron chi connectivity index (χ2n) is 4.09. The zero-order chi connectivity index (χ0) is 16.5. The average Bonchev–Trinajstić information content (AvgIpc) is 2.47. The van der Waals surface area contributed by atoms with E-state index in [1.54, 1.807) is 0 Å². The van der Waals surface area contributed by atoms with E-state index in [2.05, 4.69) is 0 Å². The molecule has 0 aromatic heterocycles. The Morgan fingerprint density at radius 2 is 1.50 bits per heavy atom. The third-order valence-corrected chi connectivity index (χ3v) is 8.31. The fourth-order valence-corrected chi connectivity index (χ4v) is 6.01. The second-order valence-corrected chi connectivity index (χ2v) is 9.86. The topological polar surface area (TPSA) is 111 Å². The molecule has 0 saturated carbocycles. The lowest BCUT2D eigenvalue weighted by Crippen LogP contribution is -2.16. The summed E-state index contributed by atoms with van der Waals surface area (Å²) in [6.07, 6.45) is 0. The first-order valence-electron chi connectivity index (χ1n) is 5.67. The minimum atomic E-state index is -4.85. The van der Waals surface area contributed by atoms with Gasteiger partial charge in [0.05, 0.1) is 14.8 Å². The number of nitro groups is 1. The fourth-order valence-electron chi connectivity index (χ4n) is 1.64. The van der Waals surface area contributed by atoms with Crippen LogP contribution in [0.3, 0.4) is 0 Å². The summed E-state index contributed by atoms with van der Waals surface area (Å²) in [6, 6.07) is 9.01. The highest BCUT2D eigenvalue weighted by Crippen LogP contribution is 2.32. The van der Waals surface area contributed by atoms with Gasteiger partial charge in [0.15, 0.2) is 0 Å². The Kier molecular flexibility index (Phi) is 4.23. The van der Waals surface area contributed by atoms with Crippen LogP contribution in [0.25, 0.3) is 0 Å². The lowest BCUT2D eigenvalue weighted by molar-refractivity contribution is -0.384. The molecule has 0 bridgehead atoms. The summed E-state index contributed by atoms with van der Waals surface area (Å²) in [5, 5.41) is 10.1. The van der Waals surface area contributed by atoms with Crippen LogP contribution in [0.2, 0.25) is 5.02 Å². The van der Waals surface area contributed by atoms with Gasteiger partial charge in [-0.15, -0.1) is 0 Å². The SMILES string of the molecule is O=[N+]([O-])c1ccc(S(=O)(=O)S(=O)(=O)c2ccccc2)c(Cl)c1. The van der Waals surface area contributed by atoms with E-state index in [1.165, 1.54) is 18.2 Å². The molecule has 116 valence electrons. The molecule has 0 aliphatic carbocycles. The van der Waals surface area contributed by atoms with Crippen LogP contribution in [-0.2, 0) is 17.7 Å². The molecule has 7 nitrogen and oxygen atoms in total. The summed E-state index contributed by atoms with van der Waals surface area (Å²) in [4.78, 5) is 8.72. The lowest BCUT2D eigenvalue weighted by Gasteiger charge is -2.07. The lowest BCUT2D eigenvalue weighted by atomic mass is 10.3. The van der Waals surface area contributed by atoms with Crippen LogP contribution in [-0.4, -0.2) is 21.8 Å². The van der Waals surface area contributed by atoms with Crippen molar-refractivity contribution < 1.29 is 21.8 Å². The highest BCUT2D eigenvalue weighted by Gasteiger charge is 2.35. The summed E-state index contributed by atoms with van der Waals surface area (Å²) in [5.41, 5.74) is -0.443. The summed E-state index contributed by atoms with van der Waals surface area (Å²) in [5.74, 6) is 0. The molecular formula is C12H8ClNO6S2. The summed E-state index contributed by atoms with van der Waals surface area (Å²) < 4.78 is 49.1. The van der Waals surface area contributed by atoms with Crippen molar-refractivity contribution in [1.82, 2.24) is 0 Å². The molecule has 0 aliphatic heterocycles. The van der Waals surface area contributed by atoms with E-state index < -0.39 is 43.2 Å². The normalized spacial score (nSPS) is 12.0. The van der Waals surface area contributed by atoms with Gasteiger partial charge in [-0.2, -0.15) is 0 Å². The summed E-state index contributed by atoms with van der Waals surface area (Å²) in [7, 11) is -9.58. The molecule has 0 amide bonds. The largest absolute Gasteiger partial charge is 0.287 e. The molecule has 2 rings (SSSR count). The van der Waals surface area contributed by atoms with Gasteiger partial charge in [-0.3, -0.25) is 10.1 Å². The predicted octanol–water partition coefficient (Wildman–Crippen LogP) is 2.41. The zero-order valence-electron chi connectivity index (χ0n) is 10.7. The minimum absolute atomic E-state index is 0.413. The van der Waals surface area contributed by atoms with Gasteiger partial charge in [0.2, 0.25) is 0 Å². The number of nitro benzene ring substituents is 1. The number of hydrogen-bond acceptors (Lipinski definition) is 6. The number of rotatable bonds is 4. The minimum Gasteiger partial charge on any atom is -0.258 e. The molecule has 2 aromatic rings. The van der Waals surface area contributed by atoms with Gasteiger partial charge in [-0.05, 0) is 18.2 Å². The van der Waals surface area contributed by atoms with Crippen molar-refractivity contribution in [2.24, 2.45) is 0 Å². The molecule has 0 fully saturated rings. The van der Waals surface area contributed by atoms with Gasteiger partial charge >= 0.3 is 0 Å². The second kappa shape index (κ2) is 5.67. The van der Waals surface area contributed by atoms with Gasteiger partial charge in [0.1, 0.15) is 4.90 Å². The van der Waals surface area contributed by atoms with E-state index in [1.807, 2.05) is 0 Å². The molecule has 0 aliphatic rings. The summed E-state index contributed by atoms with van der Waals surface area (Å²) in [6.45, 7) is 0. The monoisotopic (exact) mass is 361 g/mol. The van der Waals surface area contributed by atoms with Crippen molar-refractivity contribution in [3.8, 4) is 0 Å². The number of benzene rings is 2. The number of non-ortho nitro benzene ring substituents is 1. The first kappa shape index (κ1) is 16.4. The van der Waals surface area contributed by atoms with E-state index in [-0.39, 0.29) is 0 Å². The van der Waals surface area contributed by atoms with Gasteiger partial charge < -0.3 is 0 Å². The molecule has 0 spiro atoms. The average molecular weight is 362 g/mol. The molecule has 0 saturated heterocycles. The molecule has 0 heterocycles. The maximum atomic E-state index is 12.3. The Hall–Kier alpha value is -1.97. The Balaban J connectivity index is 2.64. The van der Waals surface area contributed by atoms with Crippen molar-refractivity contribution >= 4 is 35.0 Å². The first-order valence-corrected chi connectivity index (χ1v) is 9.53. The molecule has 0 unspecified atom stereocenters. The highest BCUT2D eigenvalue weighted by atomic mass is 35.5.